The number of hydrogen-bond acceptors (Lipinski definition) is 4. The Morgan fingerprint density at radius 3 is 2.48 bits per heavy atom. The van der Waals surface area contributed by atoms with Crippen LogP contribution in [0.25, 0.3) is 5.69 Å². The number of rotatable bonds is 5. The standard InChI is InChI=1S/C19H24N4O2/c1-25-17-6-4-16(5-7-17)23-9-8-18(20-23)19(24)22-12-10-21(11-13-22)14-15-2-3-15/h4-9,15H,2-3,10-14H2,1H3. The van der Waals surface area contributed by atoms with Crippen molar-refractivity contribution in [2.45, 2.75) is 12.8 Å². The minimum Gasteiger partial charge on any atom is -0.497 e. The van der Waals surface area contributed by atoms with Crippen molar-refractivity contribution in [3.63, 3.8) is 0 Å². The van der Waals surface area contributed by atoms with Crippen LogP contribution in [0.15, 0.2) is 36.5 Å². The number of piperazine rings is 1. The van der Waals surface area contributed by atoms with Crippen LogP contribution < -0.4 is 4.74 Å². The number of hydrogen-bond donors (Lipinski definition) is 0. The average molecular weight is 340 g/mol. The van der Waals surface area contributed by atoms with Gasteiger partial charge in [0, 0.05) is 38.9 Å². The lowest BCUT2D eigenvalue weighted by atomic mass is 10.2. The highest BCUT2D eigenvalue weighted by Gasteiger charge is 2.28. The Morgan fingerprint density at radius 2 is 1.84 bits per heavy atom. The Hall–Kier alpha value is -2.34. The minimum absolute atomic E-state index is 0.0262. The Labute approximate surface area is 148 Å². The van der Waals surface area contributed by atoms with Gasteiger partial charge in [0.2, 0.25) is 0 Å². The Balaban J connectivity index is 1.38. The Bertz CT molecular complexity index is 728. The zero-order valence-electron chi connectivity index (χ0n) is 14.6. The molecule has 2 aliphatic rings. The molecule has 25 heavy (non-hydrogen) atoms. The molecule has 1 saturated carbocycles. The fourth-order valence-corrected chi connectivity index (χ4v) is 3.28. The fourth-order valence-electron chi connectivity index (χ4n) is 3.28. The molecule has 1 aliphatic carbocycles. The van der Waals surface area contributed by atoms with Crippen LogP contribution in [0.4, 0.5) is 0 Å². The molecule has 0 atom stereocenters. The predicted molar refractivity (Wildman–Crippen MR) is 95.2 cm³/mol. The lowest BCUT2D eigenvalue weighted by molar-refractivity contribution is 0.0626. The van der Waals surface area contributed by atoms with Gasteiger partial charge < -0.3 is 9.64 Å². The summed E-state index contributed by atoms with van der Waals surface area (Å²) in [7, 11) is 1.64. The summed E-state index contributed by atoms with van der Waals surface area (Å²) < 4.78 is 6.90. The molecule has 2 fully saturated rings. The number of carbonyl (C=O) groups is 1. The maximum absolute atomic E-state index is 12.7. The first-order chi connectivity index (χ1) is 12.2. The molecule has 1 amide bonds. The van der Waals surface area contributed by atoms with Gasteiger partial charge in [-0.1, -0.05) is 0 Å². The van der Waals surface area contributed by atoms with Crippen LogP contribution in [-0.2, 0) is 0 Å². The van der Waals surface area contributed by atoms with E-state index in [4.69, 9.17) is 4.74 Å². The topological polar surface area (TPSA) is 50.6 Å². The van der Waals surface area contributed by atoms with E-state index < -0.39 is 0 Å². The van der Waals surface area contributed by atoms with E-state index in [-0.39, 0.29) is 5.91 Å². The van der Waals surface area contributed by atoms with Crippen LogP contribution in [0.2, 0.25) is 0 Å². The maximum Gasteiger partial charge on any atom is 0.274 e. The minimum atomic E-state index is 0.0262. The highest BCUT2D eigenvalue weighted by atomic mass is 16.5. The number of benzene rings is 1. The van der Waals surface area contributed by atoms with Gasteiger partial charge in [-0.15, -0.1) is 0 Å². The van der Waals surface area contributed by atoms with E-state index in [1.807, 2.05) is 35.4 Å². The zero-order valence-corrected chi connectivity index (χ0v) is 14.6. The summed E-state index contributed by atoms with van der Waals surface area (Å²) in [6.07, 6.45) is 4.59. The van der Waals surface area contributed by atoms with Crippen molar-refractivity contribution in [3.05, 3.63) is 42.2 Å². The van der Waals surface area contributed by atoms with Gasteiger partial charge >= 0.3 is 0 Å². The van der Waals surface area contributed by atoms with Crippen LogP contribution in [0.3, 0.4) is 0 Å². The van der Waals surface area contributed by atoms with Gasteiger partial charge in [0.25, 0.3) is 5.91 Å². The molecule has 0 unspecified atom stereocenters. The van der Waals surface area contributed by atoms with Gasteiger partial charge in [-0.25, -0.2) is 4.68 Å². The number of nitrogens with zero attached hydrogens (tertiary/aromatic N) is 4. The fraction of sp³-hybridized carbons (Fsp3) is 0.474. The molecule has 1 aliphatic heterocycles. The molecule has 4 rings (SSSR count). The first kappa shape index (κ1) is 16.1. The normalized spacial score (nSPS) is 18.4. The molecule has 0 N–H and O–H groups in total. The molecule has 0 spiro atoms. The molecule has 1 aromatic carbocycles. The van der Waals surface area contributed by atoms with Crippen LogP contribution in [-0.4, -0.2) is 65.3 Å². The average Bonchev–Trinajstić information content (AvgIpc) is 3.34. The molecule has 6 nitrogen and oxygen atoms in total. The lowest BCUT2D eigenvalue weighted by Crippen LogP contribution is -2.49. The van der Waals surface area contributed by atoms with Crippen molar-refractivity contribution >= 4 is 5.91 Å². The summed E-state index contributed by atoms with van der Waals surface area (Å²) in [5.41, 5.74) is 1.42. The molecule has 2 heterocycles. The molecule has 132 valence electrons. The molecule has 6 heteroatoms. The van der Waals surface area contributed by atoms with Crippen LogP contribution in [0.5, 0.6) is 5.75 Å². The maximum atomic E-state index is 12.7. The van der Waals surface area contributed by atoms with Crippen molar-refractivity contribution in [2.75, 3.05) is 39.8 Å². The first-order valence-corrected chi connectivity index (χ1v) is 8.94. The molecular weight excluding hydrogens is 316 g/mol. The summed E-state index contributed by atoms with van der Waals surface area (Å²) in [6.45, 7) is 4.74. The lowest BCUT2D eigenvalue weighted by Gasteiger charge is -2.34. The number of amides is 1. The third kappa shape index (κ3) is 3.69. The third-order valence-electron chi connectivity index (χ3n) is 5.02. The van der Waals surface area contributed by atoms with E-state index in [1.54, 1.807) is 17.9 Å². The largest absolute Gasteiger partial charge is 0.497 e. The SMILES string of the molecule is COc1ccc(-n2ccc(C(=O)N3CCN(CC4CC4)CC3)n2)cc1. The highest BCUT2D eigenvalue weighted by molar-refractivity contribution is 5.92. The zero-order chi connectivity index (χ0) is 17.2. The van der Waals surface area contributed by atoms with E-state index in [2.05, 4.69) is 10.00 Å². The molecule has 2 aromatic rings. The summed E-state index contributed by atoms with van der Waals surface area (Å²) in [4.78, 5) is 17.1. The van der Waals surface area contributed by atoms with E-state index in [0.717, 1.165) is 43.5 Å². The van der Waals surface area contributed by atoms with Crippen molar-refractivity contribution < 1.29 is 9.53 Å². The quantitative estimate of drug-likeness (QED) is 0.836. The van der Waals surface area contributed by atoms with E-state index in [9.17, 15) is 4.79 Å². The summed E-state index contributed by atoms with van der Waals surface area (Å²) >= 11 is 0. The van der Waals surface area contributed by atoms with Gasteiger partial charge in [0.05, 0.1) is 12.8 Å². The van der Waals surface area contributed by atoms with Crippen molar-refractivity contribution in [2.24, 2.45) is 5.92 Å². The molecule has 1 aromatic heterocycles. The molecule has 1 saturated heterocycles. The summed E-state index contributed by atoms with van der Waals surface area (Å²) in [6, 6.07) is 9.42. The number of aromatic nitrogens is 2. The van der Waals surface area contributed by atoms with Crippen molar-refractivity contribution in [3.8, 4) is 11.4 Å². The van der Waals surface area contributed by atoms with E-state index in [1.165, 1.54) is 19.4 Å². The van der Waals surface area contributed by atoms with Crippen molar-refractivity contribution in [1.29, 1.82) is 0 Å². The molecule has 0 radical (unpaired) electrons. The Kier molecular flexibility index (Phi) is 4.44. The van der Waals surface area contributed by atoms with Gasteiger partial charge in [-0.3, -0.25) is 9.69 Å². The second-order valence-electron chi connectivity index (χ2n) is 6.88. The highest BCUT2D eigenvalue weighted by Crippen LogP contribution is 2.30. The van der Waals surface area contributed by atoms with Gasteiger partial charge in [-0.05, 0) is 49.1 Å². The van der Waals surface area contributed by atoms with Gasteiger partial charge in [-0.2, -0.15) is 5.10 Å². The van der Waals surface area contributed by atoms with Gasteiger partial charge in [0.1, 0.15) is 5.75 Å². The van der Waals surface area contributed by atoms with Gasteiger partial charge in [0.15, 0.2) is 5.69 Å². The van der Waals surface area contributed by atoms with Crippen molar-refractivity contribution in [1.82, 2.24) is 19.6 Å². The second-order valence-corrected chi connectivity index (χ2v) is 6.88. The van der Waals surface area contributed by atoms with Crippen LogP contribution in [0, 0.1) is 5.92 Å². The van der Waals surface area contributed by atoms with Crippen LogP contribution >= 0.6 is 0 Å². The van der Waals surface area contributed by atoms with Crippen LogP contribution in [0.1, 0.15) is 23.3 Å². The number of methoxy groups -OCH3 is 1. The van der Waals surface area contributed by atoms with E-state index in [0.29, 0.717) is 5.69 Å². The number of carbonyl (C=O) groups excluding carboxylic acids is 1. The second kappa shape index (κ2) is 6.88. The Morgan fingerprint density at radius 1 is 1.12 bits per heavy atom. The smallest absolute Gasteiger partial charge is 0.274 e. The molecule has 0 bridgehead atoms. The monoisotopic (exact) mass is 340 g/mol. The third-order valence-corrected chi connectivity index (χ3v) is 5.02. The first-order valence-electron chi connectivity index (χ1n) is 8.94. The number of ether oxygens (including phenoxy) is 1. The predicted octanol–water partition coefficient (Wildman–Crippen LogP) is 2.05. The molecular formula is C19H24N4O2. The summed E-state index contributed by atoms with van der Waals surface area (Å²) in [5.74, 6) is 1.73. The summed E-state index contributed by atoms with van der Waals surface area (Å²) in [5, 5.41) is 4.46. The van der Waals surface area contributed by atoms with E-state index >= 15 is 0 Å².